The van der Waals surface area contributed by atoms with E-state index in [4.69, 9.17) is 11.2 Å². The van der Waals surface area contributed by atoms with Gasteiger partial charge in [-0.3, -0.25) is 18.2 Å². The molecule has 1 aliphatic carbocycles. The van der Waals surface area contributed by atoms with Crippen molar-refractivity contribution >= 4 is 79.1 Å². The number of ether oxygens (including phenoxy) is 1. The van der Waals surface area contributed by atoms with E-state index in [1.807, 2.05) is 26.2 Å². The van der Waals surface area contributed by atoms with Crippen molar-refractivity contribution in [1.29, 1.82) is 0 Å². The van der Waals surface area contributed by atoms with Crippen LogP contribution in [-0.2, 0) is 56.0 Å². The number of benzene rings is 4. The standard InChI is InChI=1S/C53H64N4O13S4/c1-8-29-70-40-32-38(15-23-47-52(2,3)49-43-19-17-41(73(64,65)66)34-36(43)13-21-45(49)56(47)26-9-11-30-71(58,59)60)51(55(7)28-25-54-6)39(33-40)16-24-48-53(4,5)50-44-20-18-42(74(67,68)69)35-37(44)14-22-46(50)57(48)27-10-12-31-72(61,62)63/h1,13-24,34-35,40,54H,9-12,25-33H2,2-7H3,(H3-,58,59,60,61,62,63,64,65,66,67,68,69)/p+1. The molecule has 5 N–H and O–H groups in total. The fraction of sp³-hybridized carbons (Fsp3) is 0.415. The van der Waals surface area contributed by atoms with Crippen LogP contribution < -0.4 is 15.1 Å². The van der Waals surface area contributed by atoms with Crippen LogP contribution in [0.25, 0.3) is 21.5 Å². The molecule has 1 fully saturated rings. The molecule has 0 radical (unpaired) electrons. The molecular weight excluding hydrogens is 1030 g/mol. The van der Waals surface area contributed by atoms with Crippen LogP contribution in [0.5, 0.6) is 0 Å². The molecule has 3 aliphatic rings. The average molecular weight is 1090 g/mol. The number of likely N-dealkylation sites (N-methyl/N-ethyl adjacent to an activating group) is 2. The predicted molar refractivity (Wildman–Crippen MR) is 290 cm³/mol. The molecule has 21 heteroatoms. The van der Waals surface area contributed by atoms with Crippen molar-refractivity contribution in [1.82, 2.24) is 5.32 Å². The summed E-state index contributed by atoms with van der Waals surface area (Å²) < 4.78 is 143. The van der Waals surface area contributed by atoms with Crippen LogP contribution in [0.15, 0.2) is 117 Å². The summed E-state index contributed by atoms with van der Waals surface area (Å²) in [4.78, 5) is 3.79. The summed E-state index contributed by atoms with van der Waals surface area (Å²) in [5.41, 5.74) is 6.68. The monoisotopic (exact) mass is 1090 g/mol. The molecule has 0 unspecified atom stereocenters. The van der Waals surface area contributed by atoms with Gasteiger partial charge in [0.05, 0.1) is 33.9 Å². The van der Waals surface area contributed by atoms with E-state index in [0.717, 1.165) is 61.5 Å². The molecule has 2 aliphatic heterocycles. The molecule has 0 bridgehead atoms. The van der Waals surface area contributed by atoms with Crippen molar-refractivity contribution in [3.8, 4) is 12.3 Å². The smallest absolute Gasteiger partial charge is 0.294 e. The number of nitrogens with one attached hydrogen (secondary N) is 1. The Morgan fingerprint density at radius 2 is 1.11 bits per heavy atom. The number of anilines is 2. The third-order valence-electron chi connectivity index (χ3n) is 14.2. The Kier molecular flexibility index (Phi) is 16.6. The molecule has 0 saturated heterocycles. The van der Waals surface area contributed by atoms with E-state index >= 15 is 0 Å². The molecule has 0 aromatic heterocycles. The number of hydrogen-bond acceptors (Lipinski definition) is 12. The summed E-state index contributed by atoms with van der Waals surface area (Å²) in [6.07, 6.45) is 15.9. The largest absolute Gasteiger partial charge is 0.365 e. The number of rotatable bonds is 19. The van der Waals surface area contributed by atoms with Crippen LogP contribution in [0.3, 0.4) is 0 Å². The first-order chi connectivity index (χ1) is 34.6. The van der Waals surface area contributed by atoms with Gasteiger partial charge in [-0.25, -0.2) is 4.58 Å². The lowest BCUT2D eigenvalue weighted by Crippen LogP contribution is -2.34. The van der Waals surface area contributed by atoms with Gasteiger partial charge in [0.1, 0.15) is 13.7 Å². The van der Waals surface area contributed by atoms with Gasteiger partial charge in [-0.1, -0.05) is 70.0 Å². The number of terminal acetylenes is 1. The van der Waals surface area contributed by atoms with E-state index in [2.05, 4.69) is 77.6 Å². The summed E-state index contributed by atoms with van der Waals surface area (Å²) in [7, 11) is -13.5. The first-order valence-corrected chi connectivity index (χ1v) is 30.3. The molecule has 0 spiro atoms. The number of nitrogens with zero attached hydrogens (tertiary/aromatic N) is 3. The summed E-state index contributed by atoms with van der Waals surface area (Å²) in [6.45, 7) is 10.4. The van der Waals surface area contributed by atoms with Gasteiger partial charge < -0.3 is 19.9 Å². The molecular formula is C53H65N4O13S4+. The predicted octanol–water partition coefficient (Wildman–Crippen LogP) is 7.45. The maximum Gasteiger partial charge on any atom is 0.294 e. The Morgan fingerprint density at radius 1 is 0.676 bits per heavy atom. The van der Waals surface area contributed by atoms with Gasteiger partial charge in [0.25, 0.3) is 40.5 Å². The number of unbranched alkanes of at least 4 members (excludes halogenated alkanes) is 2. The van der Waals surface area contributed by atoms with Gasteiger partial charge >= 0.3 is 0 Å². The highest BCUT2D eigenvalue weighted by Gasteiger charge is 2.43. The van der Waals surface area contributed by atoms with Crippen LogP contribution in [0.4, 0.5) is 11.4 Å². The average Bonchev–Trinajstić information content (AvgIpc) is 3.67. The maximum atomic E-state index is 12.2. The molecule has 74 heavy (non-hydrogen) atoms. The molecule has 2 heterocycles. The zero-order valence-corrected chi connectivity index (χ0v) is 45.6. The normalized spacial score (nSPS) is 20.1. The second-order valence-corrected chi connectivity index (χ2v) is 26.1. The van der Waals surface area contributed by atoms with Gasteiger partial charge in [-0.05, 0) is 114 Å². The quantitative estimate of drug-likeness (QED) is 0.0265. The highest BCUT2D eigenvalue weighted by atomic mass is 32.2. The van der Waals surface area contributed by atoms with Gasteiger partial charge in [0.15, 0.2) is 6.54 Å². The number of allylic oxidation sites excluding steroid dienone is 6. The van der Waals surface area contributed by atoms with E-state index < -0.39 is 62.8 Å². The fourth-order valence-corrected chi connectivity index (χ4v) is 13.0. The third kappa shape index (κ3) is 12.4. The lowest BCUT2D eigenvalue weighted by Gasteiger charge is -2.29. The van der Waals surface area contributed by atoms with Gasteiger partial charge in [-0.15, -0.1) is 6.42 Å². The molecule has 1 saturated carbocycles. The zero-order chi connectivity index (χ0) is 54.2. The summed E-state index contributed by atoms with van der Waals surface area (Å²) in [5, 5.41) is 6.01. The molecule has 4 aromatic carbocycles. The van der Waals surface area contributed by atoms with E-state index in [1.54, 1.807) is 24.3 Å². The van der Waals surface area contributed by atoms with E-state index in [-0.39, 0.29) is 35.3 Å². The lowest BCUT2D eigenvalue weighted by atomic mass is 9.80. The Labute approximate surface area is 435 Å². The Balaban J connectivity index is 1.39. The zero-order valence-electron chi connectivity index (χ0n) is 42.4. The second-order valence-electron chi connectivity index (χ2n) is 20.1. The SMILES string of the molecule is C#CCOC1CC(=CC=C2N(CCCCS(=O)(=O)O)c3ccc4cc(S(=O)(=O)O)ccc4c3C2(C)C)C(=[N+](C)CCNC)C(=CC=C2N(CCCCS(=O)(=O)O)c3ccc4cc(S(=O)(=O)O)ccc4c3C2(C)C)C1. The number of hydrogen-bond donors (Lipinski definition) is 5. The summed E-state index contributed by atoms with van der Waals surface area (Å²) >= 11 is 0. The fourth-order valence-electron chi connectivity index (χ4n) is 10.8. The van der Waals surface area contributed by atoms with Gasteiger partial charge in [0.2, 0.25) is 5.71 Å². The number of fused-ring (bicyclic) bond motifs is 6. The van der Waals surface area contributed by atoms with Crippen LogP contribution in [-0.4, -0.2) is 127 Å². The second kappa shape index (κ2) is 21.8. The van der Waals surface area contributed by atoms with Crippen LogP contribution >= 0.6 is 0 Å². The minimum absolute atomic E-state index is 0.0659. The van der Waals surface area contributed by atoms with Crippen LogP contribution in [0.1, 0.15) is 77.3 Å². The van der Waals surface area contributed by atoms with Crippen LogP contribution in [0, 0.1) is 12.3 Å². The van der Waals surface area contributed by atoms with Crippen molar-refractivity contribution in [2.75, 3.05) is 68.2 Å². The van der Waals surface area contributed by atoms with Gasteiger partial charge in [-0.2, -0.15) is 33.7 Å². The topological polar surface area (TPSA) is 248 Å². The summed E-state index contributed by atoms with van der Waals surface area (Å²) in [5.74, 6) is 1.81. The first-order valence-electron chi connectivity index (χ1n) is 24.2. The maximum absolute atomic E-state index is 12.2. The molecule has 17 nitrogen and oxygen atoms in total. The lowest BCUT2D eigenvalue weighted by molar-refractivity contribution is -0.494. The van der Waals surface area contributed by atoms with Crippen molar-refractivity contribution in [3.05, 3.63) is 119 Å². The van der Waals surface area contributed by atoms with Crippen molar-refractivity contribution in [2.45, 2.75) is 92.9 Å². The van der Waals surface area contributed by atoms with Crippen LogP contribution in [0.2, 0.25) is 0 Å². The highest BCUT2D eigenvalue weighted by Crippen LogP contribution is 2.53. The van der Waals surface area contributed by atoms with Crippen molar-refractivity contribution in [3.63, 3.8) is 0 Å². The molecule has 4 aromatic rings. The highest BCUT2D eigenvalue weighted by molar-refractivity contribution is 7.86. The van der Waals surface area contributed by atoms with E-state index in [0.29, 0.717) is 62.6 Å². The molecule has 7 rings (SSSR count). The minimum Gasteiger partial charge on any atom is -0.365 e. The van der Waals surface area contributed by atoms with E-state index in [9.17, 15) is 51.9 Å². The summed E-state index contributed by atoms with van der Waals surface area (Å²) in [6, 6.07) is 16.4. The van der Waals surface area contributed by atoms with E-state index in [1.165, 1.54) is 24.3 Å². The third-order valence-corrected chi connectivity index (χ3v) is 17.5. The van der Waals surface area contributed by atoms with Crippen molar-refractivity contribution in [2.24, 2.45) is 0 Å². The Bertz CT molecular complexity index is 3340. The van der Waals surface area contributed by atoms with Crippen molar-refractivity contribution < 1.29 is 61.2 Å². The Hall–Kier alpha value is -5.25. The Morgan fingerprint density at radius 3 is 1.49 bits per heavy atom. The van der Waals surface area contributed by atoms with Gasteiger partial charge in [0, 0.05) is 70.7 Å². The molecule has 398 valence electrons. The first kappa shape index (κ1) is 56.5. The minimum atomic E-state index is -4.48. The molecule has 0 amide bonds. The molecule has 0 atom stereocenters.